The SMILES string of the molecule is CCc1cc2c(s1)C(=O)Nc1cc(F)ccc1N2. The van der Waals surface area contributed by atoms with Gasteiger partial charge in [0.1, 0.15) is 10.7 Å². The van der Waals surface area contributed by atoms with Gasteiger partial charge in [-0.05, 0) is 30.7 Å². The Morgan fingerprint density at radius 1 is 1.17 bits per heavy atom. The van der Waals surface area contributed by atoms with E-state index >= 15 is 0 Å². The topological polar surface area (TPSA) is 41.1 Å². The number of carbonyl (C=O) groups is 1. The van der Waals surface area contributed by atoms with Crippen molar-refractivity contribution in [2.45, 2.75) is 13.3 Å². The van der Waals surface area contributed by atoms with Crippen LogP contribution in [-0.2, 0) is 6.42 Å². The van der Waals surface area contributed by atoms with Gasteiger partial charge in [0.2, 0.25) is 0 Å². The van der Waals surface area contributed by atoms with Crippen molar-refractivity contribution >= 4 is 34.3 Å². The Labute approximate surface area is 108 Å². The molecular formula is C13H11FN2OS. The summed E-state index contributed by atoms with van der Waals surface area (Å²) in [6.45, 7) is 2.05. The highest BCUT2D eigenvalue weighted by molar-refractivity contribution is 7.14. The van der Waals surface area contributed by atoms with Crippen LogP contribution in [0.15, 0.2) is 24.3 Å². The van der Waals surface area contributed by atoms with E-state index in [0.29, 0.717) is 16.3 Å². The third-order valence-corrected chi connectivity index (χ3v) is 4.12. The van der Waals surface area contributed by atoms with Crippen molar-refractivity contribution in [3.63, 3.8) is 0 Å². The minimum Gasteiger partial charge on any atom is -0.352 e. The molecule has 1 aliphatic heterocycles. The Morgan fingerprint density at radius 2 is 2.00 bits per heavy atom. The molecule has 3 nitrogen and oxygen atoms in total. The quantitative estimate of drug-likeness (QED) is 0.821. The summed E-state index contributed by atoms with van der Waals surface area (Å²) >= 11 is 1.46. The van der Waals surface area contributed by atoms with Crippen LogP contribution in [0.1, 0.15) is 21.5 Å². The van der Waals surface area contributed by atoms with Crippen LogP contribution in [0.2, 0.25) is 0 Å². The highest BCUT2D eigenvalue weighted by Crippen LogP contribution is 2.36. The van der Waals surface area contributed by atoms with Crippen molar-refractivity contribution < 1.29 is 9.18 Å². The zero-order valence-corrected chi connectivity index (χ0v) is 10.5. The van der Waals surface area contributed by atoms with Gasteiger partial charge in [0.05, 0.1) is 17.1 Å². The van der Waals surface area contributed by atoms with Crippen LogP contribution in [0.25, 0.3) is 0 Å². The van der Waals surface area contributed by atoms with Crippen molar-refractivity contribution in [3.05, 3.63) is 39.8 Å². The fraction of sp³-hybridized carbons (Fsp3) is 0.154. The van der Waals surface area contributed by atoms with Crippen molar-refractivity contribution in [1.82, 2.24) is 0 Å². The first-order valence-electron chi connectivity index (χ1n) is 5.68. The number of rotatable bonds is 1. The minimum atomic E-state index is -0.365. The first kappa shape index (κ1) is 11.2. The van der Waals surface area contributed by atoms with E-state index in [1.807, 2.05) is 13.0 Å². The van der Waals surface area contributed by atoms with Crippen LogP contribution in [-0.4, -0.2) is 5.91 Å². The molecule has 5 heteroatoms. The molecule has 1 aliphatic rings. The van der Waals surface area contributed by atoms with Gasteiger partial charge in [0.15, 0.2) is 0 Å². The second-order valence-corrected chi connectivity index (χ2v) is 5.21. The van der Waals surface area contributed by atoms with Gasteiger partial charge >= 0.3 is 0 Å². The molecule has 1 aromatic carbocycles. The fourth-order valence-corrected chi connectivity index (χ4v) is 2.88. The second kappa shape index (κ2) is 4.10. The number of benzene rings is 1. The molecule has 1 amide bonds. The van der Waals surface area contributed by atoms with Crippen LogP contribution in [0.5, 0.6) is 0 Å². The molecule has 0 saturated heterocycles. The van der Waals surface area contributed by atoms with Crippen molar-refractivity contribution in [3.8, 4) is 0 Å². The Balaban J connectivity index is 2.11. The smallest absolute Gasteiger partial charge is 0.267 e. The van der Waals surface area contributed by atoms with Gasteiger partial charge < -0.3 is 10.6 Å². The third kappa shape index (κ3) is 1.76. The average molecular weight is 262 g/mol. The van der Waals surface area contributed by atoms with Crippen molar-refractivity contribution in [2.75, 3.05) is 10.6 Å². The zero-order chi connectivity index (χ0) is 12.7. The summed E-state index contributed by atoms with van der Waals surface area (Å²) in [5, 5.41) is 5.90. The predicted octanol–water partition coefficient (Wildman–Crippen LogP) is 3.76. The number of carbonyl (C=O) groups excluding carboxylic acids is 1. The number of nitrogens with one attached hydrogen (secondary N) is 2. The maximum atomic E-state index is 13.2. The molecule has 0 atom stereocenters. The zero-order valence-electron chi connectivity index (χ0n) is 9.71. The standard InChI is InChI=1S/C13H11FN2OS/c1-2-8-6-11-12(18-8)13(17)16-10-5-7(14)3-4-9(10)15-11/h3-6,15H,2H2,1H3,(H,16,17). The monoisotopic (exact) mass is 262 g/mol. The number of hydrogen-bond acceptors (Lipinski definition) is 3. The summed E-state index contributed by atoms with van der Waals surface area (Å²) in [5.41, 5.74) is 1.98. The predicted molar refractivity (Wildman–Crippen MR) is 71.3 cm³/mol. The van der Waals surface area contributed by atoms with Gasteiger partial charge in [0, 0.05) is 4.88 Å². The van der Waals surface area contributed by atoms with E-state index in [-0.39, 0.29) is 11.7 Å². The molecule has 0 saturated carbocycles. The summed E-state index contributed by atoms with van der Waals surface area (Å²) in [4.78, 5) is 13.8. The first-order chi connectivity index (χ1) is 8.67. The fourth-order valence-electron chi connectivity index (χ4n) is 1.93. The first-order valence-corrected chi connectivity index (χ1v) is 6.49. The molecule has 0 fully saturated rings. The molecule has 0 spiro atoms. The lowest BCUT2D eigenvalue weighted by molar-refractivity contribution is 0.103. The molecule has 92 valence electrons. The van der Waals surface area contributed by atoms with E-state index in [2.05, 4.69) is 10.6 Å². The highest BCUT2D eigenvalue weighted by Gasteiger charge is 2.21. The van der Waals surface area contributed by atoms with Crippen LogP contribution in [0.4, 0.5) is 21.5 Å². The Morgan fingerprint density at radius 3 is 2.78 bits per heavy atom. The van der Waals surface area contributed by atoms with Crippen molar-refractivity contribution in [2.24, 2.45) is 0 Å². The summed E-state index contributed by atoms with van der Waals surface area (Å²) in [5.74, 6) is -0.554. The van der Waals surface area contributed by atoms with Gasteiger partial charge in [-0.15, -0.1) is 11.3 Å². The average Bonchev–Trinajstić information content (AvgIpc) is 2.71. The summed E-state index contributed by atoms with van der Waals surface area (Å²) < 4.78 is 13.2. The summed E-state index contributed by atoms with van der Waals surface area (Å²) in [6, 6.07) is 6.29. The van der Waals surface area contributed by atoms with Gasteiger partial charge in [-0.1, -0.05) is 6.92 Å². The maximum Gasteiger partial charge on any atom is 0.267 e. The van der Waals surface area contributed by atoms with E-state index in [1.165, 1.54) is 23.5 Å². The Hall–Kier alpha value is -1.88. The van der Waals surface area contributed by atoms with Crippen LogP contribution in [0.3, 0.4) is 0 Å². The van der Waals surface area contributed by atoms with E-state index in [1.54, 1.807) is 6.07 Å². The van der Waals surface area contributed by atoms with E-state index in [0.717, 1.165) is 17.0 Å². The molecule has 0 unspecified atom stereocenters. The lowest BCUT2D eigenvalue weighted by Crippen LogP contribution is -2.08. The van der Waals surface area contributed by atoms with Crippen LogP contribution >= 0.6 is 11.3 Å². The Kier molecular flexibility index (Phi) is 2.56. The molecule has 2 N–H and O–H groups in total. The van der Waals surface area contributed by atoms with Crippen LogP contribution in [0, 0.1) is 5.82 Å². The molecular weight excluding hydrogens is 251 g/mol. The molecule has 0 radical (unpaired) electrons. The molecule has 18 heavy (non-hydrogen) atoms. The lowest BCUT2D eigenvalue weighted by Gasteiger charge is -2.07. The molecule has 3 rings (SSSR count). The molecule has 0 bridgehead atoms. The molecule has 0 aliphatic carbocycles. The third-order valence-electron chi connectivity index (χ3n) is 2.84. The number of halogens is 1. The number of thiophene rings is 1. The second-order valence-electron chi connectivity index (χ2n) is 4.08. The highest BCUT2D eigenvalue weighted by atomic mass is 32.1. The number of aryl methyl sites for hydroxylation is 1. The minimum absolute atomic E-state index is 0.188. The lowest BCUT2D eigenvalue weighted by atomic mass is 10.2. The number of amides is 1. The van der Waals surface area contributed by atoms with Crippen LogP contribution < -0.4 is 10.6 Å². The van der Waals surface area contributed by atoms with Gasteiger partial charge in [-0.3, -0.25) is 4.79 Å². The normalized spacial score (nSPS) is 13.1. The van der Waals surface area contributed by atoms with E-state index in [9.17, 15) is 9.18 Å². The van der Waals surface area contributed by atoms with E-state index < -0.39 is 0 Å². The van der Waals surface area contributed by atoms with Gasteiger partial charge in [0.25, 0.3) is 5.91 Å². The van der Waals surface area contributed by atoms with Crippen molar-refractivity contribution in [1.29, 1.82) is 0 Å². The summed E-state index contributed by atoms with van der Waals surface area (Å²) in [6.07, 6.45) is 0.892. The van der Waals surface area contributed by atoms with E-state index in [4.69, 9.17) is 0 Å². The van der Waals surface area contributed by atoms with Gasteiger partial charge in [-0.2, -0.15) is 0 Å². The number of hydrogen-bond donors (Lipinski definition) is 2. The molecule has 2 heterocycles. The largest absolute Gasteiger partial charge is 0.352 e. The molecule has 2 aromatic rings. The number of anilines is 3. The summed E-state index contributed by atoms with van der Waals surface area (Å²) in [7, 11) is 0. The Bertz CT molecular complexity index is 636. The number of fused-ring (bicyclic) bond motifs is 2. The maximum absolute atomic E-state index is 13.2. The molecule has 1 aromatic heterocycles. The van der Waals surface area contributed by atoms with Gasteiger partial charge in [-0.25, -0.2) is 4.39 Å².